The molecule has 0 unspecified atom stereocenters. The molecule has 6 rings (SSSR count). The number of rotatable bonds is 2. The van der Waals surface area contributed by atoms with Crippen LogP contribution >= 0.6 is 0 Å². The van der Waals surface area contributed by atoms with Crippen molar-refractivity contribution in [3.05, 3.63) is 88.6 Å². The molecule has 33 heavy (non-hydrogen) atoms. The molecule has 164 valence electrons. The van der Waals surface area contributed by atoms with Gasteiger partial charge in [0, 0.05) is 27.9 Å². The lowest BCUT2D eigenvalue weighted by molar-refractivity contribution is 0.657. The van der Waals surface area contributed by atoms with Crippen LogP contribution in [0.3, 0.4) is 0 Å². The summed E-state index contributed by atoms with van der Waals surface area (Å²) in [5, 5.41) is 2.41. The van der Waals surface area contributed by atoms with Crippen LogP contribution in [0.2, 0.25) is 0 Å². The normalized spacial score (nSPS) is 14.3. The SMILES string of the molecule is Cc1cc(-c2c(C)ccc3c2oc2ccc4c(c23)C(C)(C)c2ccccc2-4)ncc1C(C)C. The minimum absolute atomic E-state index is 0.0823. The summed E-state index contributed by atoms with van der Waals surface area (Å²) in [7, 11) is 0. The fourth-order valence-corrected chi connectivity index (χ4v) is 5.93. The topological polar surface area (TPSA) is 26.0 Å². The number of aromatic nitrogens is 1. The lowest BCUT2D eigenvalue weighted by Crippen LogP contribution is -2.15. The van der Waals surface area contributed by atoms with Crippen molar-refractivity contribution in [3.8, 4) is 22.4 Å². The van der Waals surface area contributed by atoms with Crippen LogP contribution in [0.25, 0.3) is 44.3 Å². The summed E-state index contributed by atoms with van der Waals surface area (Å²) in [6.45, 7) is 13.4. The van der Waals surface area contributed by atoms with E-state index in [1.54, 1.807) is 0 Å². The first kappa shape index (κ1) is 20.2. The van der Waals surface area contributed by atoms with Crippen molar-refractivity contribution in [3.63, 3.8) is 0 Å². The average molecular weight is 432 g/mol. The van der Waals surface area contributed by atoms with Crippen LogP contribution in [-0.4, -0.2) is 4.98 Å². The Balaban J connectivity index is 1.68. The molecule has 0 N–H and O–H groups in total. The number of furan rings is 1. The summed E-state index contributed by atoms with van der Waals surface area (Å²) < 4.78 is 6.61. The van der Waals surface area contributed by atoms with Gasteiger partial charge in [0.1, 0.15) is 11.2 Å². The first-order valence-electron chi connectivity index (χ1n) is 11.8. The van der Waals surface area contributed by atoms with Crippen LogP contribution in [0.1, 0.15) is 61.4 Å². The van der Waals surface area contributed by atoms with Crippen molar-refractivity contribution < 1.29 is 4.42 Å². The zero-order valence-corrected chi connectivity index (χ0v) is 20.2. The molecule has 1 aliphatic rings. The van der Waals surface area contributed by atoms with Gasteiger partial charge >= 0.3 is 0 Å². The van der Waals surface area contributed by atoms with Crippen molar-refractivity contribution in [2.45, 2.75) is 52.9 Å². The van der Waals surface area contributed by atoms with Crippen LogP contribution in [0.4, 0.5) is 0 Å². The zero-order valence-electron chi connectivity index (χ0n) is 20.2. The molecule has 2 nitrogen and oxygen atoms in total. The molecule has 5 aromatic rings. The van der Waals surface area contributed by atoms with Gasteiger partial charge in [-0.25, -0.2) is 0 Å². The second-order valence-electron chi connectivity index (χ2n) is 10.3. The third-order valence-corrected chi connectivity index (χ3v) is 7.56. The minimum atomic E-state index is -0.0823. The van der Waals surface area contributed by atoms with Gasteiger partial charge in [0.15, 0.2) is 0 Å². The zero-order chi connectivity index (χ0) is 23.1. The summed E-state index contributed by atoms with van der Waals surface area (Å²) in [6.07, 6.45) is 2.04. The van der Waals surface area contributed by atoms with E-state index in [0.717, 1.165) is 22.4 Å². The highest BCUT2D eigenvalue weighted by Crippen LogP contribution is 2.53. The van der Waals surface area contributed by atoms with Crippen LogP contribution in [0.5, 0.6) is 0 Å². The molecule has 0 amide bonds. The highest BCUT2D eigenvalue weighted by Gasteiger charge is 2.38. The monoisotopic (exact) mass is 431 g/mol. The molecule has 0 bridgehead atoms. The van der Waals surface area contributed by atoms with E-state index in [0.29, 0.717) is 5.92 Å². The molecule has 0 radical (unpaired) electrons. The van der Waals surface area contributed by atoms with E-state index in [9.17, 15) is 0 Å². The first-order valence-corrected chi connectivity index (χ1v) is 11.8. The molecule has 0 saturated carbocycles. The van der Waals surface area contributed by atoms with E-state index >= 15 is 0 Å². The Morgan fingerprint density at radius 2 is 1.67 bits per heavy atom. The number of hydrogen-bond donors (Lipinski definition) is 0. The van der Waals surface area contributed by atoms with Gasteiger partial charge in [-0.05, 0) is 70.8 Å². The lowest BCUT2D eigenvalue weighted by atomic mass is 9.80. The van der Waals surface area contributed by atoms with Gasteiger partial charge < -0.3 is 4.42 Å². The average Bonchev–Trinajstić information content (AvgIpc) is 3.26. The Labute approximate surface area is 195 Å². The summed E-state index contributed by atoms with van der Waals surface area (Å²) in [4.78, 5) is 4.89. The Bertz CT molecular complexity index is 1580. The fourth-order valence-electron chi connectivity index (χ4n) is 5.93. The van der Waals surface area contributed by atoms with Crippen LogP contribution < -0.4 is 0 Å². The summed E-state index contributed by atoms with van der Waals surface area (Å²) in [6, 6.07) is 19.8. The maximum atomic E-state index is 6.61. The molecule has 3 aromatic carbocycles. The molecule has 2 heteroatoms. The number of fused-ring (bicyclic) bond motifs is 7. The molecular formula is C31H29NO. The molecule has 2 heterocycles. The highest BCUT2D eigenvalue weighted by molar-refractivity contribution is 6.14. The number of pyridine rings is 1. The maximum absolute atomic E-state index is 6.61. The van der Waals surface area contributed by atoms with Gasteiger partial charge in [0.05, 0.1) is 5.69 Å². The van der Waals surface area contributed by atoms with Crippen molar-refractivity contribution in [2.75, 3.05) is 0 Å². The number of aryl methyl sites for hydroxylation is 2. The standard InChI is InChI=1S/C31H29NO/c1-17(2)23-16-32-25(15-19(23)4)27-18(3)11-12-22-28-26(33-30(22)27)14-13-21-20-9-7-8-10-24(20)31(5,6)29(21)28/h7-17H,1-6H3. The molecule has 0 atom stereocenters. The van der Waals surface area contributed by atoms with E-state index in [4.69, 9.17) is 9.40 Å². The summed E-state index contributed by atoms with van der Waals surface area (Å²) in [5.41, 5.74) is 13.1. The highest BCUT2D eigenvalue weighted by atomic mass is 16.3. The maximum Gasteiger partial charge on any atom is 0.145 e. The van der Waals surface area contributed by atoms with E-state index in [1.165, 1.54) is 49.7 Å². The van der Waals surface area contributed by atoms with Gasteiger partial charge in [-0.1, -0.05) is 70.2 Å². The van der Waals surface area contributed by atoms with E-state index < -0.39 is 0 Å². The first-order chi connectivity index (χ1) is 15.8. The van der Waals surface area contributed by atoms with Gasteiger partial charge in [-0.2, -0.15) is 0 Å². The molecule has 2 aromatic heterocycles. The number of nitrogens with zero attached hydrogens (tertiary/aromatic N) is 1. The van der Waals surface area contributed by atoms with Crippen LogP contribution in [0, 0.1) is 13.8 Å². The number of benzene rings is 3. The second-order valence-corrected chi connectivity index (χ2v) is 10.3. The third-order valence-electron chi connectivity index (χ3n) is 7.56. The quantitative estimate of drug-likeness (QED) is 0.279. The van der Waals surface area contributed by atoms with Gasteiger partial charge in [-0.15, -0.1) is 0 Å². The van der Waals surface area contributed by atoms with Gasteiger partial charge in [-0.3, -0.25) is 4.98 Å². The minimum Gasteiger partial charge on any atom is -0.455 e. The Morgan fingerprint density at radius 3 is 2.42 bits per heavy atom. The van der Waals surface area contributed by atoms with Gasteiger partial charge in [0.2, 0.25) is 0 Å². The fraction of sp³-hybridized carbons (Fsp3) is 0.258. The van der Waals surface area contributed by atoms with E-state index in [2.05, 4.69) is 96.1 Å². The Kier molecular flexibility index (Phi) is 4.17. The summed E-state index contributed by atoms with van der Waals surface area (Å²) >= 11 is 0. The molecule has 0 saturated heterocycles. The second kappa shape index (κ2) is 6.81. The summed E-state index contributed by atoms with van der Waals surface area (Å²) in [5.74, 6) is 0.459. The van der Waals surface area contributed by atoms with Crippen molar-refractivity contribution in [1.29, 1.82) is 0 Å². The smallest absolute Gasteiger partial charge is 0.145 e. The van der Waals surface area contributed by atoms with Crippen LogP contribution in [-0.2, 0) is 5.41 Å². The van der Waals surface area contributed by atoms with Gasteiger partial charge in [0.25, 0.3) is 0 Å². The molecule has 1 aliphatic carbocycles. The largest absolute Gasteiger partial charge is 0.455 e. The van der Waals surface area contributed by atoms with Crippen molar-refractivity contribution in [2.24, 2.45) is 0 Å². The van der Waals surface area contributed by atoms with E-state index in [-0.39, 0.29) is 5.41 Å². The Hall–Kier alpha value is -3.39. The molecular weight excluding hydrogens is 402 g/mol. The van der Waals surface area contributed by atoms with Crippen molar-refractivity contribution in [1.82, 2.24) is 4.98 Å². The predicted octanol–water partition coefficient (Wildman–Crippen LogP) is 8.69. The van der Waals surface area contributed by atoms with Crippen LogP contribution in [0.15, 0.2) is 65.2 Å². The Morgan fingerprint density at radius 1 is 0.879 bits per heavy atom. The van der Waals surface area contributed by atoms with Crippen molar-refractivity contribution >= 4 is 21.9 Å². The molecule has 0 aliphatic heterocycles. The predicted molar refractivity (Wildman–Crippen MR) is 138 cm³/mol. The third kappa shape index (κ3) is 2.70. The molecule has 0 spiro atoms. The lowest BCUT2D eigenvalue weighted by Gasteiger charge is -2.22. The van der Waals surface area contributed by atoms with E-state index in [1.807, 2.05) is 6.20 Å². The molecule has 0 fully saturated rings. The number of hydrogen-bond acceptors (Lipinski definition) is 2.